The van der Waals surface area contributed by atoms with Gasteiger partial charge in [-0.15, -0.1) is 0 Å². The van der Waals surface area contributed by atoms with Gasteiger partial charge in [0.15, 0.2) is 0 Å². The lowest BCUT2D eigenvalue weighted by atomic mass is 9.86. The summed E-state index contributed by atoms with van der Waals surface area (Å²) in [5.41, 5.74) is 3.17. The largest absolute Gasteiger partial charge is 0.381 e. The zero-order valence-corrected chi connectivity index (χ0v) is 13.7. The Labute approximate surface area is 138 Å². The van der Waals surface area contributed by atoms with Crippen molar-refractivity contribution >= 4 is 21.5 Å². The molecule has 0 spiro atoms. The summed E-state index contributed by atoms with van der Waals surface area (Å²) in [6, 6.07) is 18.0. The van der Waals surface area contributed by atoms with E-state index in [0.29, 0.717) is 0 Å². The summed E-state index contributed by atoms with van der Waals surface area (Å²) < 4.78 is 4.94. The molecule has 2 aliphatic rings. The molecular weight excluding hydrogens is 280 g/mol. The Morgan fingerprint density at radius 3 is 2.22 bits per heavy atom. The van der Waals surface area contributed by atoms with Crippen molar-refractivity contribution < 1.29 is 4.74 Å². The number of fused-ring (bicyclic) bond motifs is 5. The van der Waals surface area contributed by atoms with Crippen LogP contribution in [0.1, 0.15) is 36.8 Å². The smallest absolute Gasteiger partial charge is 0.0466 e. The zero-order valence-electron chi connectivity index (χ0n) is 13.7. The van der Waals surface area contributed by atoms with Crippen molar-refractivity contribution in [3.63, 3.8) is 0 Å². The maximum Gasteiger partial charge on any atom is 0.0466 e. The van der Waals surface area contributed by atoms with Crippen LogP contribution in [0, 0.1) is 0 Å². The van der Waals surface area contributed by atoms with Gasteiger partial charge < -0.3 is 4.74 Å². The third-order valence-electron chi connectivity index (χ3n) is 5.08. The predicted molar refractivity (Wildman–Crippen MR) is 98.1 cm³/mol. The Kier molecular flexibility index (Phi) is 4.30. The Morgan fingerprint density at radius 1 is 0.609 bits per heavy atom. The molecule has 1 heteroatoms. The molecule has 1 aliphatic carbocycles. The fourth-order valence-electron chi connectivity index (χ4n) is 3.85. The second-order valence-electron chi connectivity index (χ2n) is 6.61. The summed E-state index contributed by atoms with van der Waals surface area (Å²) in [5, 5.41) is 5.64. The molecular formula is C22H24O. The van der Waals surface area contributed by atoms with E-state index in [2.05, 4.69) is 48.5 Å². The molecule has 3 aromatic rings. The zero-order chi connectivity index (χ0) is 15.5. The number of hydrogen-bond acceptors (Lipinski definition) is 1. The normalized spacial score (nSPS) is 16.9. The average molecular weight is 304 g/mol. The van der Waals surface area contributed by atoms with Gasteiger partial charge in [0.05, 0.1) is 0 Å². The summed E-state index contributed by atoms with van der Waals surface area (Å²) >= 11 is 0. The van der Waals surface area contributed by atoms with E-state index >= 15 is 0 Å². The molecule has 1 aliphatic heterocycles. The Hall–Kier alpha value is -1.86. The van der Waals surface area contributed by atoms with Crippen molar-refractivity contribution in [1.82, 2.24) is 0 Å². The fraction of sp³-hybridized carbons (Fsp3) is 0.364. The van der Waals surface area contributed by atoms with Gasteiger partial charge in [-0.2, -0.15) is 0 Å². The van der Waals surface area contributed by atoms with Crippen molar-refractivity contribution in [1.29, 1.82) is 0 Å². The first-order valence-corrected chi connectivity index (χ1v) is 8.93. The summed E-state index contributed by atoms with van der Waals surface area (Å²) in [6.07, 6.45) is 7.77. The van der Waals surface area contributed by atoms with E-state index in [0.717, 1.165) is 13.2 Å². The minimum Gasteiger partial charge on any atom is -0.381 e. The van der Waals surface area contributed by atoms with Crippen LogP contribution >= 0.6 is 0 Å². The number of benzene rings is 3. The van der Waals surface area contributed by atoms with Crippen LogP contribution in [-0.2, 0) is 17.6 Å². The number of rotatable bonds is 0. The quantitative estimate of drug-likeness (QED) is 0.486. The lowest BCUT2D eigenvalue weighted by Crippen LogP contribution is -2.02. The fourth-order valence-corrected chi connectivity index (χ4v) is 3.85. The van der Waals surface area contributed by atoms with E-state index in [4.69, 9.17) is 4.74 Å². The van der Waals surface area contributed by atoms with Crippen LogP contribution in [0.4, 0.5) is 0 Å². The Balaban J connectivity index is 0.000000233. The van der Waals surface area contributed by atoms with Crippen LogP contribution in [0.2, 0.25) is 0 Å². The maximum atomic E-state index is 4.94. The molecule has 1 heterocycles. The molecule has 0 unspecified atom stereocenters. The average Bonchev–Trinajstić information content (AvgIpc) is 3.21. The van der Waals surface area contributed by atoms with E-state index < -0.39 is 0 Å². The summed E-state index contributed by atoms with van der Waals surface area (Å²) in [7, 11) is 0. The first kappa shape index (κ1) is 14.7. The molecule has 0 bridgehead atoms. The van der Waals surface area contributed by atoms with Gasteiger partial charge in [0.1, 0.15) is 0 Å². The van der Waals surface area contributed by atoms with Crippen LogP contribution in [0.25, 0.3) is 21.5 Å². The first-order valence-electron chi connectivity index (χ1n) is 8.93. The third-order valence-corrected chi connectivity index (χ3v) is 5.08. The SMILES string of the molecule is C1CCOC1.c1ccc2c(c1)ccc1c3c(ccc12)CCCC3. The summed E-state index contributed by atoms with van der Waals surface area (Å²) in [4.78, 5) is 0. The van der Waals surface area contributed by atoms with Gasteiger partial charge in [0.2, 0.25) is 0 Å². The second-order valence-corrected chi connectivity index (χ2v) is 6.61. The van der Waals surface area contributed by atoms with Gasteiger partial charge in [0, 0.05) is 13.2 Å². The molecule has 1 fully saturated rings. The van der Waals surface area contributed by atoms with E-state index in [1.54, 1.807) is 11.1 Å². The number of aryl methyl sites for hydroxylation is 2. The molecule has 118 valence electrons. The highest BCUT2D eigenvalue weighted by atomic mass is 16.5. The molecule has 0 radical (unpaired) electrons. The van der Waals surface area contributed by atoms with Gasteiger partial charge >= 0.3 is 0 Å². The summed E-state index contributed by atoms with van der Waals surface area (Å²) in [6.45, 7) is 2.00. The van der Waals surface area contributed by atoms with Crippen molar-refractivity contribution in [2.75, 3.05) is 13.2 Å². The standard InChI is InChI=1S/C18H16.C4H8O/c1-3-7-15-13(5-1)9-11-18-16-8-4-2-6-14(16)10-12-17(15)18;1-2-4-5-3-1/h1,3,5,7,9-12H,2,4,6,8H2;1-4H2. The lowest BCUT2D eigenvalue weighted by Gasteiger charge is -2.18. The highest BCUT2D eigenvalue weighted by Gasteiger charge is 2.13. The van der Waals surface area contributed by atoms with Crippen LogP contribution in [-0.4, -0.2) is 13.2 Å². The van der Waals surface area contributed by atoms with E-state index in [9.17, 15) is 0 Å². The van der Waals surface area contributed by atoms with Crippen LogP contribution in [0.15, 0.2) is 48.5 Å². The molecule has 3 aromatic carbocycles. The Morgan fingerprint density at radius 2 is 1.39 bits per heavy atom. The van der Waals surface area contributed by atoms with E-state index in [1.807, 2.05) is 0 Å². The monoisotopic (exact) mass is 304 g/mol. The molecule has 1 nitrogen and oxygen atoms in total. The topological polar surface area (TPSA) is 9.23 Å². The molecule has 0 N–H and O–H groups in total. The Bertz CT molecular complexity index is 807. The number of ether oxygens (including phenoxy) is 1. The van der Waals surface area contributed by atoms with Gasteiger partial charge in [-0.05, 0) is 71.2 Å². The minimum atomic E-state index is 1.00. The molecule has 0 amide bonds. The molecule has 0 atom stereocenters. The molecule has 0 saturated carbocycles. The summed E-state index contributed by atoms with van der Waals surface area (Å²) in [5.74, 6) is 0. The van der Waals surface area contributed by atoms with Crippen LogP contribution in [0.5, 0.6) is 0 Å². The molecule has 0 aromatic heterocycles. The molecule has 5 rings (SSSR count). The predicted octanol–water partition coefficient (Wildman–Crippen LogP) is 5.67. The van der Waals surface area contributed by atoms with Crippen LogP contribution in [0.3, 0.4) is 0 Å². The van der Waals surface area contributed by atoms with Crippen molar-refractivity contribution in [2.24, 2.45) is 0 Å². The van der Waals surface area contributed by atoms with Gasteiger partial charge in [0.25, 0.3) is 0 Å². The van der Waals surface area contributed by atoms with Gasteiger partial charge in [-0.3, -0.25) is 0 Å². The van der Waals surface area contributed by atoms with Crippen molar-refractivity contribution in [2.45, 2.75) is 38.5 Å². The van der Waals surface area contributed by atoms with E-state index in [-0.39, 0.29) is 0 Å². The minimum absolute atomic E-state index is 1.00. The highest BCUT2D eigenvalue weighted by Crippen LogP contribution is 2.33. The highest BCUT2D eigenvalue weighted by molar-refractivity contribution is 6.08. The second kappa shape index (κ2) is 6.72. The maximum absolute atomic E-state index is 4.94. The van der Waals surface area contributed by atoms with Gasteiger partial charge in [-0.1, -0.05) is 48.5 Å². The van der Waals surface area contributed by atoms with Gasteiger partial charge in [-0.25, -0.2) is 0 Å². The van der Waals surface area contributed by atoms with Crippen molar-refractivity contribution in [3.8, 4) is 0 Å². The van der Waals surface area contributed by atoms with E-state index in [1.165, 1.54) is 60.1 Å². The first-order chi connectivity index (χ1) is 11.4. The lowest BCUT2D eigenvalue weighted by molar-refractivity contribution is 0.198. The van der Waals surface area contributed by atoms with Crippen LogP contribution < -0.4 is 0 Å². The third kappa shape index (κ3) is 2.98. The number of hydrogen-bond donors (Lipinski definition) is 0. The molecule has 23 heavy (non-hydrogen) atoms. The molecule has 1 saturated heterocycles. The van der Waals surface area contributed by atoms with Crippen molar-refractivity contribution in [3.05, 3.63) is 59.7 Å².